The first kappa shape index (κ1) is 19.5. The van der Waals surface area contributed by atoms with E-state index in [-0.39, 0.29) is 0 Å². The fraction of sp³-hybridized carbons (Fsp3) is 0.429. The number of hydrogen-bond donors (Lipinski definition) is 2. The molecular formula is C21H25Cl2N5. The molecular weight excluding hydrogens is 393 g/mol. The second kappa shape index (κ2) is 8.27. The minimum absolute atomic E-state index is 0.528. The molecule has 0 radical (unpaired) electrons. The van der Waals surface area contributed by atoms with Gasteiger partial charge in [0.15, 0.2) is 5.65 Å². The van der Waals surface area contributed by atoms with E-state index in [1.807, 2.05) is 36.6 Å². The first-order valence-corrected chi connectivity index (χ1v) is 10.6. The summed E-state index contributed by atoms with van der Waals surface area (Å²) in [4.78, 5) is 4.74. The van der Waals surface area contributed by atoms with Crippen molar-refractivity contribution in [3.8, 4) is 11.1 Å². The molecule has 3 aromatic rings. The molecule has 28 heavy (non-hydrogen) atoms. The van der Waals surface area contributed by atoms with E-state index in [2.05, 4.69) is 10.6 Å². The van der Waals surface area contributed by atoms with Crippen molar-refractivity contribution >= 4 is 34.7 Å². The fourth-order valence-electron chi connectivity index (χ4n) is 3.98. The Morgan fingerprint density at radius 3 is 2.71 bits per heavy atom. The standard InChI is InChI=1S/C21H25Cl2N5/c1-13-12-18(25-11-10-24-15-6-3-4-7-15)28-21(26-13)19(14(2)27-28)16-8-5-9-17(22)20(16)23/h5,8-9,12,15,24-25H,3-4,6-7,10-11H2,1-2H3. The lowest BCUT2D eigenvalue weighted by molar-refractivity contribution is 0.535. The molecule has 148 valence electrons. The lowest BCUT2D eigenvalue weighted by Gasteiger charge is -2.13. The van der Waals surface area contributed by atoms with Gasteiger partial charge in [0, 0.05) is 36.5 Å². The number of anilines is 1. The first-order valence-electron chi connectivity index (χ1n) is 9.83. The molecule has 1 aromatic carbocycles. The van der Waals surface area contributed by atoms with Gasteiger partial charge >= 0.3 is 0 Å². The maximum atomic E-state index is 6.48. The summed E-state index contributed by atoms with van der Waals surface area (Å²) in [6.45, 7) is 5.73. The van der Waals surface area contributed by atoms with Crippen LogP contribution in [0.5, 0.6) is 0 Å². The van der Waals surface area contributed by atoms with Crippen molar-refractivity contribution < 1.29 is 0 Å². The Kier molecular flexibility index (Phi) is 5.76. The van der Waals surface area contributed by atoms with Gasteiger partial charge in [-0.2, -0.15) is 9.61 Å². The normalized spacial score (nSPS) is 14.9. The molecule has 7 heteroatoms. The minimum Gasteiger partial charge on any atom is -0.369 e. The number of benzene rings is 1. The number of fused-ring (bicyclic) bond motifs is 1. The molecule has 0 atom stereocenters. The Labute approximate surface area is 175 Å². The quantitative estimate of drug-likeness (QED) is 0.536. The van der Waals surface area contributed by atoms with Crippen molar-refractivity contribution in [2.75, 3.05) is 18.4 Å². The van der Waals surface area contributed by atoms with Crippen molar-refractivity contribution in [2.24, 2.45) is 0 Å². The molecule has 2 N–H and O–H groups in total. The van der Waals surface area contributed by atoms with Gasteiger partial charge in [-0.25, -0.2) is 4.98 Å². The second-order valence-electron chi connectivity index (χ2n) is 7.44. The third-order valence-corrected chi connectivity index (χ3v) is 6.15. The van der Waals surface area contributed by atoms with Crippen LogP contribution in [0.25, 0.3) is 16.8 Å². The average molecular weight is 418 g/mol. The van der Waals surface area contributed by atoms with E-state index >= 15 is 0 Å². The van der Waals surface area contributed by atoms with Crippen molar-refractivity contribution in [1.29, 1.82) is 0 Å². The molecule has 0 spiro atoms. The Morgan fingerprint density at radius 1 is 1.14 bits per heavy atom. The zero-order valence-electron chi connectivity index (χ0n) is 16.2. The van der Waals surface area contributed by atoms with Gasteiger partial charge in [0.05, 0.1) is 21.3 Å². The highest BCUT2D eigenvalue weighted by molar-refractivity contribution is 6.43. The number of aromatic nitrogens is 3. The minimum atomic E-state index is 0.528. The third-order valence-electron chi connectivity index (χ3n) is 5.33. The van der Waals surface area contributed by atoms with Crippen molar-refractivity contribution in [1.82, 2.24) is 19.9 Å². The van der Waals surface area contributed by atoms with Gasteiger partial charge in [-0.15, -0.1) is 0 Å². The summed E-state index contributed by atoms with van der Waals surface area (Å²) >= 11 is 12.7. The van der Waals surface area contributed by atoms with Gasteiger partial charge in [-0.1, -0.05) is 48.2 Å². The van der Waals surface area contributed by atoms with Gasteiger partial charge < -0.3 is 10.6 Å². The molecule has 0 bridgehead atoms. The summed E-state index contributed by atoms with van der Waals surface area (Å²) in [5, 5.41) is 12.9. The molecule has 1 fully saturated rings. The highest BCUT2D eigenvalue weighted by Crippen LogP contribution is 2.37. The Morgan fingerprint density at radius 2 is 1.93 bits per heavy atom. The summed E-state index contributed by atoms with van der Waals surface area (Å²) in [5.74, 6) is 0.934. The van der Waals surface area contributed by atoms with Gasteiger partial charge in [0.1, 0.15) is 5.82 Å². The van der Waals surface area contributed by atoms with Crippen LogP contribution in [0.2, 0.25) is 10.0 Å². The van der Waals surface area contributed by atoms with E-state index in [0.29, 0.717) is 16.1 Å². The van der Waals surface area contributed by atoms with Crippen LogP contribution in [0, 0.1) is 13.8 Å². The van der Waals surface area contributed by atoms with Crippen molar-refractivity contribution in [3.05, 3.63) is 45.7 Å². The van der Waals surface area contributed by atoms with Crippen LogP contribution in [0.4, 0.5) is 5.82 Å². The van der Waals surface area contributed by atoms with E-state index in [4.69, 9.17) is 33.3 Å². The Hall–Kier alpha value is -1.82. The van der Waals surface area contributed by atoms with E-state index in [0.717, 1.165) is 47.1 Å². The predicted octanol–water partition coefficient (Wildman–Crippen LogP) is 5.26. The molecule has 0 amide bonds. The van der Waals surface area contributed by atoms with Gasteiger partial charge in [0.25, 0.3) is 0 Å². The number of halogens is 2. The smallest absolute Gasteiger partial charge is 0.165 e. The summed E-state index contributed by atoms with van der Waals surface area (Å²) in [7, 11) is 0. The summed E-state index contributed by atoms with van der Waals surface area (Å²) in [6.07, 6.45) is 5.27. The maximum absolute atomic E-state index is 6.48. The fourth-order valence-corrected chi connectivity index (χ4v) is 4.37. The molecule has 1 aliphatic rings. The molecule has 4 rings (SSSR count). The Bertz CT molecular complexity index is 992. The lowest BCUT2D eigenvalue weighted by Crippen LogP contribution is -2.31. The van der Waals surface area contributed by atoms with Crippen molar-refractivity contribution in [3.63, 3.8) is 0 Å². The van der Waals surface area contributed by atoms with Crippen LogP contribution in [-0.4, -0.2) is 33.7 Å². The number of hydrogen-bond acceptors (Lipinski definition) is 4. The summed E-state index contributed by atoms with van der Waals surface area (Å²) in [6, 6.07) is 8.34. The van der Waals surface area contributed by atoms with Crippen molar-refractivity contribution in [2.45, 2.75) is 45.6 Å². The molecule has 0 aliphatic heterocycles. The molecule has 2 heterocycles. The zero-order valence-corrected chi connectivity index (χ0v) is 17.7. The number of nitrogens with zero attached hydrogens (tertiary/aromatic N) is 3. The van der Waals surface area contributed by atoms with Crippen LogP contribution < -0.4 is 10.6 Å². The Balaban J connectivity index is 1.63. The highest BCUT2D eigenvalue weighted by Gasteiger charge is 2.19. The van der Waals surface area contributed by atoms with Crippen LogP contribution in [0.1, 0.15) is 37.1 Å². The number of nitrogens with one attached hydrogen (secondary N) is 2. The lowest BCUT2D eigenvalue weighted by atomic mass is 10.1. The number of rotatable bonds is 6. The van der Waals surface area contributed by atoms with Crippen LogP contribution in [-0.2, 0) is 0 Å². The van der Waals surface area contributed by atoms with Crippen LogP contribution in [0.15, 0.2) is 24.3 Å². The molecule has 1 saturated carbocycles. The van der Waals surface area contributed by atoms with E-state index < -0.39 is 0 Å². The van der Waals surface area contributed by atoms with Gasteiger partial charge in [-0.05, 0) is 32.8 Å². The van der Waals surface area contributed by atoms with Crippen LogP contribution in [0.3, 0.4) is 0 Å². The largest absolute Gasteiger partial charge is 0.369 e. The molecule has 0 unspecified atom stereocenters. The maximum Gasteiger partial charge on any atom is 0.165 e. The van der Waals surface area contributed by atoms with Crippen LogP contribution >= 0.6 is 23.2 Å². The predicted molar refractivity (Wildman–Crippen MR) is 117 cm³/mol. The average Bonchev–Trinajstić information content (AvgIpc) is 3.29. The summed E-state index contributed by atoms with van der Waals surface area (Å²) < 4.78 is 1.87. The second-order valence-corrected chi connectivity index (χ2v) is 8.23. The van der Waals surface area contributed by atoms with E-state index in [1.165, 1.54) is 25.7 Å². The molecule has 2 aromatic heterocycles. The van der Waals surface area contributed by atoms with Gasteiger partial charge in [-0.3, -0.25) is 0 Å². The highest BCUT2D eigenvalue weighted by atomic mass is 35.5. The van der Waals surface area contributed by atoms with E-state index in [1.54, 1.807) is 6.07 Å². The third kappa shape index (κ3) is 3.84. The van der Waals surface area contributed by atoms with Gasteiger partial charge in [0.2, 0.25) is 0 Å². The molecule has 1 aliphatic carbocycles. The van der Waals surface area contributed by atoms with E-state index in [9.17, 15) is 0 Å². The topological polar surface area (TPSA) is 54.2 Å². The summed E-state index contributed by atoms with van der Waals surface area (Å²) in [5.41, 5.74) is 4.36. The number of aryl methyl sites for hydroxylation is 2. The first-order chi connectivity index (χ1) is 13.5. The SMILES string of the molecule is Cc1cc(NCCNC2CCCC2)n2nc(C)c(-c3cccc(Cl)c3Cl)c2n1. The monoisotopic (exact) mass is 417 g/mol. The zero-order chi connectivity index (χ0) is 19.7. The molecule has 5 nitrogen and oxygen atoms in total. The molecule has 0 saturated heterocycles.